The number of rotatable bonds is 11. The molecule has 0 radical (unpaired) electrons. The summed E-state index contributed by atoms with van der Waals surface area (Å²) >= 11 is 0. The van der Waals surface area contributed by atoms with Crippen LogP contribution in [0.2, 0.25) is 0 Å². The Bertz CT molecular complexity index is 633. The SMILES string of the molecule is CC(C(COCc1ccccc1)COCC1COC(C)(C)O1)C(C)(C)OC(N)=O. The first-order valence-electron chi connectivity index (χ1n) is 10.1. The minimum Gasteiger partial charge on any atom is -0.443 e. The fraction of sp³-hybridized carbons (Fsp3) is 0.682. The van der Waals surface area contributed by atoms with Crippen molar-refractivity contribution in [3.05, 3.63) is 35.9 Å². The first kappa shape index (κ1) is 23.6. The molecule has 0 bridgehead atoms. The van der Waals surface area contributed by atoms with Crippen LogP contribution in [0.15, 0.2) is 30.3 Å². The number of benzene rings is 1. The van der Waals surface area contributed by atoms with E-state index in [0.29, 0.717) is 33.0 Å². The zero-order chi connectivity index (χ0) is 21.5. The van der Waals surface area contributed by atoms with E-state index in [9.17, 15) is 4.79 Å². The van der Waals surface area contributed by atoms with E-state index in [1.54, 1.807) is 0 Å². The van der Waals surface area contributed by atoms with Gasteiger partial charge in [-0.05, 0) is 33.3 Å². The molecule has 7 nitrogen and oxygen atoms in total. The minimum atomic E-state index is -0.787. The van der Waals surface area contributed by atoms with E-state index in [2.05, 4.69) is 0 Å². The molecule has 2 N–H and O–H groups in total. The third-order valence-electron chi connectivity index (χ3n) is 5.31. The van der Waals surface area contributed by atoms with Gasteiger partial charge in [-0.3, -0.25) is 0 Å². The number of hydrogen-bond donors (Lipinski definition) is 1. The molecule has 1 aliphatic rings. The third-order valence-corrected chi connectivity index (χ3v) is 5.31. The lowest BCUT2D eigenvalue weighted by Gasteiger charge is -2.36. The second-order valence-corrected chi connectivity index (χ2v) is 8.56. The van der Waals surface area contributed by atoms with E-state index >= 15 is 0 Å². The van der Waals surface area contributed by atoms with Crippen LogP contribution in [0.4, 0.5) is 4.79 Å². The Morgan fingerprint density at radius 3 is 2.48 bits per heavy atom. The van der Waals surface area contributed by atoms with Crippen molar-refractivity contribution in [3.8, 4) is 0 Å². The van der Waals surface area contributed by atoms with Crippen molar-refractivity contribution >= 4 is 6.09 Å². The van der Waals surface area contributed by atoms with Gasteiger partial charge in [0.15, 0.2) is 5.79 Å². The Hall–Kier alpha value is -1.67. The summed E-state index contributed by atoms with van der Waals surface area (Å²) in [5, 5.41) is 0. The summed E-state index contributed by atoms with van der Waals surface area (Å²) < 4.78 is 28.6. The molecule has 1 aromatic rings. The van der Waals surface area contributed by atoms with Crippen molar-refractivity contribution in [2.24, 2.45) is 17.6 Å². The molecule has 1 heterocycles. The summed E-state index contributed by atoms with van der Waals surface area (Å²) in [6.45, 7) is 11.9. The standard InChI is InChI=1S/C22H35NO6/c1-16(21(2,3)29-20(23)24)18(12-25-11-17-9-7-6-8-10-17)13-26-14-19-15-27-22(4,5)28-19/h6-10,16,18-19H,11-15H2,1-5H3,(H2,23,24). The zero-order valence-corrected chi connectivity index (χ0v) is 18.2. The van der Waals surface area contributed by atoms with E-state index in [1.807, 2.05) is 65.0 Å². The molecule has 1 aliphatic heterocycles. The average Bonchev–Trinajstić information content (AvgIpc) is 2.98. The smallest absolute Gasteiger partial charge is 0.405 e. The van der Waals surface area contributed by atoms with Gasteiger partial charge < -0.3 is 29.4 Å². The molecular formula is C22H35NO6. The molecule has 1 saturated heterocycles. The van der Waals surface area contributed by atoms with E-state index in [4.69, 9.17) is 29.4 Å². The molecule has 7 heteroatoms. The lowest BCUT2D eigenvalue weighted by molar-refractivity contribution is -0.147. The van der Waals surface area contributed by atoms with E-state index < -0.39 is 17.5 Å². The predicted octanol–water partition coefficient (Wildman–Crippen LogP) is 3.50. The molecule has 3 atom stereocenters. The van der Waals surface area contributed by atoms with E-state index in [-0.39, 0.29) is 17.9 Å². The molecule has 0 aliphatic carbocycles. The van der Waals surface area contributed by atoms with E-state index in [0.717, 1.165) is 5.56 Å². The number of amides is 1. The zero-order valence-electron chi connectivity index (χ0n) is 18.2. The van der Waals surface area contributed by atoms with Crippen LogP contribution in [0.25, 0.3) is 0 Å². The number of ether oxygens (including phenoxy) is 5. The number of hydrogen-bond acceptors (Lipinski definition) is 6. The molecule has 0 aromatic heterocycles. The van der Waals surface area contributed by atoms with Crippen LogP contribution >= 0.6 is 0 Å². The van der Waals surface area contributed by atoms with Gasteiger partial charge >= 0.3 is 6.09 Å². The van der Waals surface area contributed by atoms with Gasteiger partial charge in [-0.2, -0.15) is 0 Å². The molecule has 1 aromatic carbocycles. The highest BCUT2D eigenvalue weighted by atomic mass is 16.7. The van der Waals surface area contributed by atoms with Gasteiger partial charge in [0.05, 0.1) is 33.0 Å². The van der Waals surface area contributed by atoms with Crippen molar-refractivity contribution in [1.82, 2.24) is 0 Å². The maximum Gasteiger partial charge on any atom is 0.405 e. The summed E-state index contributed by atoms with van der Waals surface area (Å²) in [6, 6.07) is 9.98. The largest absolute Gasteiger partial charge is 0.443 e. The molecule has 1 amide bonds. The predicted molar refractivity (Wildman–Crippen MR) is 109 cm³/mol. The van der Waals surface area contributed by atoms with Gasteiger partial charge in [-0.1, -0.05) is 37.3 Å². The van der Waals surface area contributed by atoms with Gasteiger partial charge in [0.1, 0.15) is 11.7 Å². The van der Waals surface area contributed by atoms with Crippen LogP contribution < -0.4 is 5.73 Å². The fourth-order valence-electron chi connectivity index (χ4n) is 3.36. The van der Waals surface area contributed by atoms with Crippen molar-refractivity contribution in [2.75, 3.05) is 26.4 Å². The first-order valence-corrected chi connectivity index (χ1v) is 10.1. The van der Waals surface area contributed by atoms with Crippen LogP contribution in [0.5, 0.6) is 0 Å². The number of carbonyl (C=O) groups excluding carboxylic acids is 1. The summed E-state index contributed by atoms with van der Waals surface area (Å²) in [6.07, 6.45) is -0.883. The van der Waals surface area contributed by atoms with Gasteiger partial charge in [0.25, 0.3) is 0 Å². The molecule has 29 heavy (non-hydrogen) atoms. The van der Waals surface area contributed by atoms with Crippen molar-refractivity contribution in [1.29, 1.82) is 0 Å². The quantitative estimate of drug-likeness (QED) is 0.602. The molecule has 0 spiro atoms. The van der Waals surface area contributed by atoms with Crippen molar-refractivity contribution < 1.29 is 28.5 Å². The fourth-order valence-corrected chi connectivity index (χ4v) is 3.36. The van der Waals surface area contributed by atoms with Gasteiger partial charge in [-0.15, -0.1) is 0 Å². The molecule has 1 fully saturated rings. The topological polar surface area (TPSA) is 89.2 Å². The molecule has 164 valence electrons. The normalized spacial score (nSPS) is 20.9. The van der Waals surface area contributed by atoms with Crippen LogP contribution in [-0.4, -0.2) is 50.0 Å². The van der Waals surface area contributed by atoms with Crippen LogP contribution in [-0.2, 0) is 30.3 Å². The monoisotopic (exact) mass is 409 g/mol. The van der Waals surface area contributed by atoms with Crippen molar-refractivity contribution in [3.63, 3.8) is 0 Å². The maximum absolute atomic E-state index is 11.3. The van der Waals surface area contributed by atoms with Gasteiger partial charge in [-0.25, -0.2) is 4.79 Å². The number of nitrogens with two attached hydrogens (primary N) is 1. The summed E-state index contributed by atoms with van der Waals surface area (Å²) in [4.78, 5) is 11.3. The van der Waals surface area contributed by atoms with Crippen LogP contribution in [0.1, 0.15) is 40.2 Å². The number of carbonyl (C=O) groups is 1. The highest BCUT2D eigenvalue weighted by Gasteiger charge is 2.36. The molecule has 0 saturated carbocycles. The second-order valence-electron chi connectivity index (χ2n) is 8.56. The summed E-state index contributed by atoms with van der Waals surface area (Å²) in [5.41, 5.74) is 5.60. The lowest BCUT2D eigenvalue weighted by Crippen LogP contribution is -2.43. The highest BCUT2D eigenvalue weighted by molar-refractivity contribution is 5.65. The Balaban J connectivity index is 1.91. The Morgan fingerprint density at radius 1 is 1.24 bits per heavy atom. The third kappa shape index (κ3) is 7.93. The van der Waals surface area contributed by atoms with Gasteiger partial charge in [0, 0.05) is 11.8 Å². The van der Waals surface area contributed by atoms with Crippen LogP contribution in [0.3, 0.4) is 0 Å². The van der Waals surface area contributed by atoms with Crippen molar-refractivity contribution in [2.45, 2.75) is 58.7 Å². The van der Waals surface area contributed by atoms with E-state index in [1.165, 1.54) is 0 Å². The highest BCUT2D eigenvalue weighted by Crippen LogP contribution is 2.29. The average molecular weight is 410 g/mol. The Kier molecular flexibility index (Phi) is 8.46. The summed E-state index contributed by atoms with van der Waals surface area (Å²) in [5.74, 6) is -0.608. The lowest BCUT2D eigenvalue weighted by atomic mass is 9.82. The maximum atomic E-state index is 11.3. The van der Waals surface area contributed by atoms with Gasteiger partial charge in [0.2, 0.25) is 0 Å². The minimum absolute atomic E-state index is 0.00314. The molecular weight excluding hydrogens is 374 g/mol. The van der Waals surface area contributed by atoms with Crippen LogP contribution in [0, 0.1) is 11.8 Å². The molecule has 2 rings (SSSR count). The Labute approximate surface area is 173 Å². The Morgan fingerprint density at radius 2 is 1.90 bits per heavy atom. The number of primary amides is 1. The summed E-state index contributed by atoms with van der Waals surface area (Å²) in [7, 11) is 0. The second kappa shape index (κ2) is 10.4. The molecule has 3 unspecified atom stereocenters. The first-order chi connectivity index (χ1) is 13.6.